The van der Waals surface area contributed by atoms with Crippen molar-refractivity contribution in [3.8, 4) is 56.3 Å². The summed E-state index contributed by atoms with van der Waals surface area (Å²) in [5, 5.41) is 8.12. The van der Waals surface area contributed by atoms with Gasteiger partial charge in [0.2, 0.25) is 5.95 Å². The van der Waals surface area contributed by atoms with Crippen LogP contribution >= 0.6 is 0 Å². The number of fused-ring (bicyclic) bond motifs is 8. The Kier molecular flexibility index (Phi) is 8.18. The molecule has 4 nitrogen and oxygen atoms in total. The van der Waals surface area contributed by atoms with Crippen molar-refractivity contribution in [3.63, 3.8) is 0 Å². The molecule has 0 unspecified atom stereocenters. The molecule has 0 saturated heterocycles. The molecule has 10 aromatic carbocycles. The van der Waals surface area contributed by atoms with Crippen LogP contribution in [-0.4, -0.2) is 19.1 Å². The largest absolute Gasteiger partial charge is 0.309 e. The van der Waals surface area contributed by atoms with Crippen LogP contribution in [0.15, 0.2) is 231 Å². The number of para-hydroxylation sites is 3. The molecule has 4 heteroatoms. The highest BCUT2D eigenvalue weighted by molar-refractivity contribution is 6.23. The molecular formula is C60H38N4. The van der Waals surface area contributed by atoms with Gasteiger partial charge in [-0.15, -0.1) is 0 Å². The zero-order valence-electron chi connectivity index (χ0n) is 34.7. The number of rotatable bonds is 6. The van der Waals surface area contributed by atoms with Crippen LogP contribution in [0.5, 0.6) is 0 Å². The first-order valence-corrected chi connectivity index (χ1v) is 21.8. The monoisotopic (exact) mass is 814 g/mol. The smallest absolute Gasteiger partial charge is 0.235 e. The van der Waals surface area contributed by atoms with Crippen molar-refractivity contribution >= 4 is 65.3 Å². The van der Waals surface area contributed by atoms with Gasteiger partial charge in [-0.25, -0.2) is 9.97 Å². The predicted molar refractivity (Wildman–Crippen MR) is 267 cm³/mol. The Balaban J connectivity index is 1.10. The van der Waals surface area contributed by atoms with Gasteiger partial charge in [0.25, 0.3) is 0 Å². The average molecular weight is 815 g/mol. The normalized spacial score (nSPS) is 11.8. The fourth-order valence-corrected chi connectivity index (χ4v) is 10.1. The molecule has 0 atom stereocenters. The molecule has 0 bridgehead atoms. The second kappa shape index (κ2) is 14.5. The molecule has 0 saturated carbocycles. The molecular weight excluding hydrogens is 777 g/mol. The Hall–Kier alpha value is -8.60. The number of aromatic nitrogens is 4. The van der Waals surface area contributed by atoms with Crippen LogP contribution in [-0.2, 0) is 0 Å². The highest BCUT2D eigenvalue weighted by atomic mass is 15.2. The summed E-state index contributed by atoms with van der Waals surface area (Å²) in [6, 6.07) is 82.8. The highest BCUT2D eigenvalue weighted by Gasteiger charge is 2.23. The molecule has 298 valence electrons. The summed E-state index contributed by atoms with van der Waals surface area (Å²) < 4.78 is 4.74. The maximum Gasteiger partial charge on any atom is 0.235 e. The number of hydrogen-bond acceptors (Lipinski definition) is 2. The summed E-state index contributed by atoms with van der Waals surface area (Å²) in [4.78, 5) is 10.9. The Bertz CT molecular complexity index is 3950. The van der Waals surface area contributed by atoms with E-state index in [0.29, 0.717) is 5.95 Å². The van der Waals surface area contributed by atoms with Crippen molar-refractivity contribution in [2.45, 2.75) is 0 Å². The van der Waals surface area contributed by atoms with Gasteiger partial charge >= 0.3 is 0 Å². The number of nitrogens with zero attached hydrogens (tertiary/aromatic N) is 4. The first kappa shape index (κ1) is 36.1. The number of benzene rings is 10. The fraction of sp³-hybridized carbons (Fsp3) is 0. The van der Waals surface area contributed by atoms with E-state index in [0.717, 1.165) is 60.9 Å². The average Bonchev–Trinajstić information content (AvgIpc) is 3.88. The first-order valence-electron chi connectivity index (χ1n) is 21.8. The minimum Gasteiger partial charge on any atom is -0.309 e. The lowest BCUT2D eigenvalue weighted by Crippen LogP contribution is -2.03. The SMILES string of the molecule is c1ccc(-c2cccc(-c3nc(-n4c5cc6ccccc6cc5c5c(-c6cccc7c6c6ccccc6n7-c6ccccc6-c6ccccc6)cccc54)nc4ccccc34)c2)cc1. The van der Waals surface area contributed by atoms with Crippen LogP contribution in [0, 0.1) is 0 Å². The molecule has 0 radical (unpaired) electrons. The van der Waals surface area contributed by atoms with Crippen molar-refractivity contribution in [1.29, 1.82) is 0 Å². The Labute approximate surface area is 369 Å². The summed E-state index contributed by atoms with van der Waals surface area (Å²) in [5.41, 5.74) is 15.5. The quantitative estimate of drug-likeness (QED) is 0.168. The standard InChI is InChI=1S/C60H38N4/c1-3-18-39(19-4-1)41-24-15-25-44(36-41)59-48-27-9-12-31-51(48)61-60(62-59)64-55-35-17-30-47(58(55)50-37-42-22-7-8-23-43(42)38-56(50)64)46-29-16-34-54-57(46)49-28-11-14-33-53(49)63(54)52-32-13-10-26-45(52)40-20-5-2-6-21-40/h1-38H. The second-order valence-electron chi connectivity index (χ2n) is 16.5. The van der Waals surface area contributed by atoms with Gasteiger partial charge in [-0.05, 0) is 87.1 Å². The van der Waals surface area contributed by atoms with E-state index in [-0.39, 0.29) is 0 Å². The number of hydrogen-bond donors (Lipinski definition) is 0. The fourth-order valence-electron chi connectivity index (χ4n) is 10.1. The molecule has 0 aliphatic carbocycles. The third-order valence-corrected chi connectivity index (χ3v) is 12.9. The van der Waals surface area contributed by atoms with E-state index >= 15 is 0 Å². The van der Waals surface area contributed by atoms with Gasteiger partial charge in [-0.3, -0.25) is 4.57 Å². The van der Waals surface area contributed by atoms with Crippen molar-refractivity contribution in [2.24, 2.45) is 0 Å². The van der Waals surface area contributed by atoms with Gasteiger partial charge in [0.15, 0.2) is 0 Å². The molecule has 0 amide bonds. The topological polar surface area (TPSA) is 35.6 Å². The molecule has 3 aromatic heterocycles. The van der Waals surface area contributed by atoms with Crippen molar-refractivity contribution in [2.75, 3.05) is 0 Å². The summed E-state index contributed by atoms with van der Waals surface area (Å²) in [7, 11) is 0. The maximum atomic E-state index is 5.54. The zero-order valence-corrected chi connectivity index (χ0v) is 34.7. The van der Waals surface area contributed by atoms with Crippen molar-refractivity contribution < 1.29 is 0 Å². The van der Waals surface area contributed by atoms with Gasteiger partial charge < -0.3 is 4.57 Å². The van der Waals surface area contributed by atoms with E-state index in [1.807, 2.05) is 0 Å². The van der Waals surface area contributed by atoms with Gasteiger partial charge in [0.05, 0.1) is 39.0 Å². The third kappa shape index (κ3) is 5.63. The zero-order chi connectivity index (χ0) is 42.1. The lowest BCUT2D eigenvalue weighted by molar-refractivity contribution is 1.01. The highest BCUT2D eigenvalue weighted by Crippen LogP contribution is 2.45. The molecule has 13 rings (SSSR count). The van der Waals surface area contributed by atoms with Gasteiger partial charge in [0, 0.05) is 38.1 Å². The van der Waals surface area contributed by atoms with Crippen LogP contribution in [0.4, 0.5) is 0 Å². The van der Waals surface area contributed by atoms with E-state index in [1.165, 1.54) is 54.7 Å². The molecule has 3 heterocycles. The van der Waals surface area contributed by atoms with Crippen LogP contribution in [0.25, 0.3) is 122 Å². The Morgan fingerprint density at radius 3 is 1.64 bits per heavy atom. The molecule has 13 aromatic rings. The predicted octanol–water partition coefficient (Wildman–Crippen LogP) is 15.6. The van der Waals surface area contributed by atoms with E-state index in [4.69, 9.17) is 9.97 Å². The maximum absolute atomic E-state index is 5.54. The molecule has 0 aliphatic rings. The second-order valence-corrected chi connectivity index (χ2v) is 16.5. The Morgan fingerprint density at radius 1 is 0.297 bits per heavy atom. The molecule has 0 spiro atoms. The van der Waals surface area contributed by atoms with Crippen LogP contribution in [0.2, 0.25) is 0 Å². The van der Waals surface area contributed by atoms with Gasteiger partial charge in [-0.2, -0.15) is 0 Å². The summed E-state index contributed by atoms with van der Waals surface area (Å²) >= 11 is 0. The van der Waals surface area contributed by atoms with Crippen molar-refractivity contribution in [1.82, 2.24) is 19.1 Å². The summed E-state index contributed by atoms with van der Waals surface area (Å²) in [6.07, 6.45) is 0. The van der Waals surface area contributed by atoms with Crippen molar-refractivity contribution in [3.05, 3.63) is 231 Å². The van der Waals surface area contributed by atoms with Gasteiger partial charge in [0.1, 0.15) is 0 Å². The van der Waals surface area contributed by atoms with E-state index in [1.54, 1.807) is 0 Å². The minimum absolute atomic E-state index is 0.638. The van der Waals surface area contributed by atoms with Crippen LogP contribution in [0.1, 0.15) is 0 Å². The first-order chi connectivity index (χ1) is 31.8. The summed E-state index contributed by atoms with van der Waals surface area (Å²) in [5.74, 6) is 0.638. The molecule has 0 N–H and O–H groups in total. The van der Waals surface area contributed by atoms with Crippen LogP contribution in [0.3, 0.4) is 0 Å². The lowest BCUT2D eigenvalue weighted by atomic mass is 9.95. The Morgan fingerprint density at radius 2 is 0.844 bits per heavy atom. The van der Waals surface area contributed by atoms with E-state index in [2.05, 4.69) is 240 Å². The minimum atomic E-state index is 0.638. The third-order valence-electron chi connectivity index (χ3n) is 12.9. The molecule has 64 heavy (non-hydrogen) atoms. The van der Waals surface area contributed by atoms with E-state index in [9.17, 15) is 0 Å². The van der Waals surface area contributed by atoms with Gasteiger partial charge in [-0.1, -0.05) is 182 Å². The lowest BCUT2D eigenvalue weighted by Gasteiger charge is -2.14. The summed E-state index contributed by atoms with van der Waals surface area (Å²) in [6.45, 7) is 0. The molecule has 0 fully saturated rings. The molecule has 0 aliphatic heterocycles. The van der Waals surface area contributed by atoms with Crippen LogP contribution < -0.4 is 0 Å². The van der Waals surface area contributed by atoms with E-state index < -0.39 is 0 Å².